The summed E-state index contributed by atoms with van der Waals surface area (Å²) in [6, 6.07) is 5.29. The molecule has 1 atom stereocenters. The minimum absolute atomic E-state index is 0.00914. The molecular weight excluding hydrogens is 398 g/mol. The second-order valence-electron chi connectivity index (χ2n) is 8.66. The summed E-state index contributed by atoms with van der Waals surface area (Å²) in [5.74, 6) is -0.0586. The van der Waals surface area contributed by atoms with Crippen molar-refractivity contribution in [1.29, 1.82) is 0 Å². The van der Waals surface area contributed by atoms with Crippen molar-refractivity contribution in [3.8, 4) is 0 Å². The Balaban J connectivity index is 1.63. The maximum absolute atomic E-state index is 13.2. The minimum Gasteiger partial charge on any atom is -0.370 e. The zero-order chi connectivity index (χ0) is 21.0. The fraction of sp³-hybridized carbons (Fsp3) is 0.609. The summed E-state index contributed by atoms with van der Waals surface area (Å²) >= 11 is 0. The standard InChI is InChI=1S/C23H33N3O3S/c27-23(19-10-4-1-5-11-19)24-21-18-20(30(28,29)26-16-8-3-9-17-26)12-13-22(21)25-14-6-2-7-15-25/h1,4,12-13,18-19H,2-3,5-11,14-17H2,(H,24,27). The third-order valence-electron chi connectivity index (χ3n) is 6.52. The van der Waals surface area contributed by atoms with Crippen LogP contribution in [0.25, 0.3) is 0 Å². The van der Waals surface area contributed by atoms with Crippen LogP contribution in [0.4, 0.5) is 11.4 Å². The number of rotatable bonds is 5. The molecule has 2 fully saturated rings. The average molecular weight is 432 g/mol. The Labute approximate surface area is 180 Å². The second-order valence-corrected chi connectivity index (χ2v) is 10.6. The quantitative estimate of drug-likeness (QED) is 0.711. The minimum atomic E-state index is -3.54. The number of hydrogen-bond donors (Lipinski definition) is 1. The molecular formula is C23H33N3O3S. The number of piperidine rings is 2. The first-order valence-corrected chi connectivity index (χ1v) is 12.8. The zero-order valence-electron chi connectivity index (χ0n) is 17.7. The van der Waals surface area contributed by atoms with Gasteiger partial charge >= 0.3 is 0 Å². The van der Waals surface area contributed by atoms with Crippen LogP contribution in [0.1, 0.15) is 57.8 Å². The van der Waals surface area contributed by atoms with Crippen molar-refractivity contribution in [1.82, 2.24) is 4.31 Å². The predicted molar refractivity (Wildman–Crippen MR) is 120 cm³/mol. The van der Waals surface area contributed by atoms with E-state index in [0.29, 0.717) is 18.8 Å². The highest BCUT2D eigenvalue weighted by atomic mass is 32.2. The summed E-state index contributed by atoms with van der Waals surface area (Å²) in [4.78, 5) is 15.5. The molecule has 1 aliphatic carbocycles. The number of benzene rings is 1. The van der Waals surface area contributed by atoms with Crippen molar-refractivity contribution in [2.24, 2.45) is 5.92 Å². The summed E-state index contributed by atoms with van der Waals surface area (Å²) in [7, 11) is -3.54. The van der Waals surface area contributed by atoms with Crippen LogP contribution in [-0.2, 0) is 14.8 Å². The van der Waals surface area contributed by atoms with Gasteiger partial charge in [0, 0.05) is 32.1 Å². The predicted octanol–water partition coefficient (Wildman–Crippen LogP) is 4.15. The molecule has 0 bridgehead atoms. The summed E-state index contributed by atoms with van der Waals surface area (Å²) in [6.07, 6.45) is 13.0. The lowest BCUT2D eigenvalue weighted by Crippen LogP contribution is -2.36. The second kappa shape index (κ2) is 9.52. The fourth-order valence-electron chi connectivity index (χ4n) is 4.71. The molecule has 0 saturated carbocycles. The molecule has 1 amide bonds. The number of carbonyl (C=O) groups excluding carboxylic acids is 1. The maximum atomic E-state index is 13.2. The van der Waals surface area contributed by atoms with Crippen molar-refractivity contribution in [2.45, 2.75) is 62.7 Å². The van der Waals surface area contributed by atoms with E-state index in [0.717, 1.165) is 70.1 Å². The van der Waals surface area contributed by atoms with E-state index in [9.17, 15) is 13.2 Å². The molecule has 0 radical (unpaired) electrons. The van der Waals surface area contributed by atoms with Gasteiger partial charge < -0.3 is 10.2 Å². The average Bonchev–Trinajstić information content (AvgIpc) is 2.81. The number of sulfonamides is 1. The van der Waals surface area contributed by atoms with Crippen molar-refractivity contribution in [3.63, 3.8) is 0 Å². The third-order valence-corrected chi connectivity index (χ3v) is 8.41. The fourth-order valence-corrected chi connectivity index (χ4v) is 6.25. The number of nitrogens with one attached hydrogen (secondary N) is 1. The summed E-state index contributed by atoms with van der Waals surface area (Å²) < 4.78 is 28.0. The molecule has 2 heterocycles. The molecule has 1 aromatic rings. The van der Waals surface area contributed by atoms with Gasteiger partial charge in [0.25, 0.3) is 0 Å². The lowest BCUT2D eigenvalue weighted by molar-refractivity contribution is -0.120. The van der Waals surface area contributed by atoms with Gasteiger partial charge in [-0.3, -0.25) is 4.79 Å². The van der Waals surface area contributed by atoms with E-state index in [1.807, 2.05) is 6.07 Å². The van der Waals surface area contributed by atoms with Crippen molar-refractivity contribution < 1.29 is 13.2 Å². The molecule has 7 heteroatoms. The summed E-state index contributed by atoms with van der Waals surface area (Å²) in [5, 5.41) is 3.10. The van der Waals surface area contributed by atoms with Crippen LogP contribution < -0.4 is 10.2 Å². The van der Waals surface area contributed by atoms with Gasteiger partial charge in [0.2, 0.25) is 15.9 Å². The SMILES string of the molecule is O=C(Nc1cc(S(=O)(=O)N2CCCCC2)ccc1N1CCCCC1)C1CC=CCC1. The molecule has 2 aliphatic heterocycles. The van der Waals surface area contributed by atoms with Crippen LogP contribution in [-0.4, -0.2) is 44.8 Å². The van der Waals surface area contributed by atoms with Gasteiger partial charge in [-0.05, 0) is 69.6 Å². The smallest absolute Gasteiger partial charge is 0.243 e. The van der Waals surface area contributed by atoms with E-state index < -0.39 is 10.0 Å². The van der Waals surface area contributed by atoms with Crippen LogP contribution in [0.5, 0.6) is 0 Å². The van der Waals surface area contributed by atoms with Crippen molar-refractivity contribution in [3.05, 3.63) is 30.4 Å². The number of nitrogens with zero attached hydrogens (tertiary/aromatic N) is 2. The van der Waals surface area contributed by atoms with Gasteiger partial charge in [0.15, 0.2) is 0 Å². The Kier molecular flexibility index (Phi) is 6.78. The Morgan fingerprint density at radius 2 is 1.63 bits per heavy atom. The number of amides is 1. The van der Waals surface area contributed by atoms with Crippen molar-refractivity contribution in [2.75, 3.05) is 36.4 Å². The number of carbonyl (C=O) groups is 1. The molecule has 1 unspecified atom stereocenters. The first-order valence-electron chi connectivity index (χ1n) is 11.4. The monoisotopic (exact) mass is 431 g/mol. The third kappa shape index (κ3) is 4.72. The molecule has 1 aromatic carbocycles. The zero-order valence-corrected chi connectivity index (χ0v) is 18.5. The Morgan fingerprint density at radius 3 is 2.30 bits per heavy atom. The number of hydrogen-bond acceptors (Lipinski definition) is 4. The maximum Gasteiger partial charge on any atom is 0.243 e. The highest BCUT2D eigenvalue weighted by molar-refractivity contribution is 7.89. The molecule has 0 aromatic heterocycles. The summed E-state index contributed by atoms with van der Waals surface area (Å²) in [5.41, 5.74) is 1.57. The Hall–Kier alpha value is -1.86. The molecule has 2 saturated heterocycles. The normalized spacial score (nSPS) is 23.3. The topological polar surface area (TPSA) is 69.7 Å². The molecule has 6 nitrogen and oxygen atoms in total. The number of anilines is 2. The first kappa shape index (κ1) is 21.4. The summed E-state index contributed by atoms with van der Waals surface area (Å²) in [6.45, 7) is 3.03. The van der Waals surface area contributed by atoms with Gasteiger partial charge in [-0.2, -0.15) is 4.31 Å². The van der Waals surface area contributed by atoms with Gasteiger partial charge in [0.1, 0.15) is 0 Å². The van der Waals surface area contributed by atoms with Crippen LogP contribution in [0, 0.1) is 5.92 Å². The van der Waals surface area contributed by atoms with Crippen molar-refractivity contribution >= 4 is 27.3 Å². The van der Waals surface area contributed by atoms with E-state index in [2.05, 4.69) is 22.4 Å². The van der Waals surface area contributed by atoms with E-state index >= 15 is 0 Å². The van der Waals surface area contributed by atoms with Crippen LogP contribution in [0.15, 0.2) is 35.2 Å². The van der Waals surface area contributed by atoms with Gasteiger partial charge in [-0.15, -0.1) is 0 Å². The van der Waals surface area contributed by atoms with Crippen LogP contribution >= 0.6 is 0 Å². The van der Waals surface area contributed by atoms with Gasteiger partial charge in [-0.1, -0.05) is 18.6 Å². The van der Waals surface area contributed by atoms with E-state index in [-0.39, 0.29) is 16.7 Å². The molecule has 1 N–H and O–H groups in total. The number of allylic oxidation sites excluding steroid dienone is 2. The molecule has 0 spiro atoms. The van der Waals surface area contributed by atoms with E-state index in [1.165, 1.54) is 6.42 Å². The largest absolute Gasteiger partial charge is 0.370 e. The van der Waals surface area contributed by atoms with E-state index in [4.69, 9.17) is 0 Å². The van der Waals surface area contributed by atoms with E-state index in [1.54, 1.807) is 16.4 Å². The Bertz CT molecular complexity index is 885. The molecule has 30 heavy (non-hydrogen) atoms. The molecule has 3 aliphatic rings. The van der Waals surface area contributed by atoms with Crippen LogP contribution in [0.2, 0.25) is 0 Å². The molecule has 4 rings (SSSR count). The lowest BCUT2D eigenvalue weighted by Gasteiger charge is -2.32. The highest BCUT2D eigenvalue weighted by Crippen LogP contribution is 2.33. The highest BCUT2D eigenvalue weighted by Gasteiger charge is 2.28. The Morgan fingerprint density at radius 1 is 0.933 bits per heavy atom. The van der Waals surface area contributed by atoms with Gasteiger partial charge in [-0.25, -0.2) is 8.42 Å². The lowest BCUT2D eigenvalue weighted by atomic mass is 9.93. The van der Waals surface area contributed by atoms with Crippen LogP contribution in [0.3, 0.4) is 0 Å². The van der Waals surface area contributed by atoms with Gasteiger partial charge in [0.05, 0.1) is 16.3 Å². The first-order chi connectivity index (χ1) is 14.6. The molecule has 164 valence electrons.